The summed E-state index contributed by atoms with van der Waals surface area (Å²) in [6, 6.07) is 7.66. The zero-order valence-electron chi connectivity index (χ0n) is 13.5. The number of aromatic nitrogens is 3. The van der Waals surface area contributed by atoms with Gasteiger partial charge in [-0.15, -0.1) is 11.3 Å². The standard InChI is InChI=1S/C17H14N4O2S2/c1-22-11-6-13(23-2)15-14(7-11)25-17(20-15)21-16-19-12(9-24-16)10-4-3-5-18-8-10/h3-9H,1-2H3,(H,19,20,21). The summed E-state index contributed by atoms with van der Waals surface area (Å²) >= 11 is 3.06. The highest BCUT2D eigenvalue weighted by molar-refractivity contribution is 7.22. The molecule has 0 spiro atoms. The molecule has 0 radical (unpaired) electrons. The first-order valence-corrected chi connectivity index (χ1v) is 9.12. The highest BCUT2D eigenvalue weighted by Gasteiger charge is 2.13. The van der Waals surface area contributed by atoms with Gasteiger partial charge in [0.15, 0.2) is 10.3 Å². The van der Waals surface area contributed by atoms with E-state index in [2.05, 4.69) is 20.3 Å². The van der Waals surface area contributed by atoms with E-state index < -0.39 is 0 Å². The summed E-state index contributed by atoms with van der Waals surface area (Å²) in [5, 5.41) is 6.81. The number of pyridine rings is 1. The average molecular weight is 370 g/mol. The topological polar surface area (TPSA) is 69.2 Å². The predicted octanol–water partition coefficient (Wildman–Crippen LogP) is 4.58. The number of thiazole rings is 2. The zero-order valence-corrected chi connectivity index (χ0v) is 15.1. The second-order valence-electron chi connectivity index (χ2n) is 5.10. The molecule has 4 aromatic rings. The number of benzene rings is 1. The Bertz CT molecular complexity index is 1010. The lowest BCUT2D eigenvalue weighted by Gasteiger charge is -2.03. The molecular weight excluding hydrogens is 356 g/mol. The van der Waals surface area contributed by atoms with Crippen LogP contribution < -0.4 is 14.8 Å². The summed E-state index contributed by atoms with van der Waals surface area (Å²) in [7, 11) is 3.26. The van der Waals surface area contributed by atoms with Crippen molar-refractivity contribution in [3.8, 4) is 22.8 Å². The van der Waals surface area contributed by atoms with Crippen molar-refractivity contribution in [2.45, 2.75) is 0 Å². The van der Waals surface area contributed by atoms with Crippen molar-refractivity contribution in [2.24, 2.45) is 0 Å². The molecule has 0 bridgehead atoms. The maximum Gasteiger partial charge on any atom is 0.190 e. The lowest BCUT2D eigenvalue weighted by Crippen LogP contribution is -1.90. The lowest BCUT2D eigenvalue weighted by molar-refractivity contribution is 0.397. The van der Waals surface area contributed by atoms with Crippen LogP contribution in [0.25, 0.3) is 21.5 Å². The molecule has 0 amide bonds. The highest BCUT2D eigenvalue weighted by atomic mass is 32.1. The van der Waals surface area contributed by atoms with Gasteiger partial charge in [-0.3, -0.25) is 4.98 Å². The molecule has 0 aliphatic carbocycles. The van der Waals surface area contributed by atoms with E-state index in [1.54, 1.807) is 26.6 Å². The van der Waals surface area contributed by atoms with Crippen LogP contribution in [0.15, 0.2) is 42.0 Å². The number of methoxy groups -OCH3 is 2. The summed E-state index contributed by atoms with van der Waals surface area (Å²) in [6.45, 7) is 0. The van der Waals surface area contributed by atoms with E-state index in [0.29, 0.717) is 5.75 Å². The van der Waals surface area contributed by atoms with Gasteiger partial charge in [-0.2, -0.15) is 0 Å². The molecule has 4 rings (SSSR count). The first-order chi connectivity index (χ1) is 12.3. The average Bonchev–Trinajstić information content (AvgIpc) is 3.28. The van der Waals surface area contributed by atoms with E-state index >= 15 is 0 Å². The van der Waals surface area contributed by atoms with Crippen LogP contribution in [0.4, 0.5) is 10.3 Å². The maximum absolute atomic E-state index is 5.41. The third-order valence-electron chi connectivity index (χ3n) is 3.56. The van der Waals surface area contributed by atoms with Crippen molar-refractivity contribution in [1.29, 1.82) is 0 Å². The Morgan fingerprint density at radius 1 is 1.08 bits per heavy atom. The SMILES string of the molecule is COc1cc(OC)c2nc(Nc3nc(-c4cccnc4)cs3)sc2c1. The van der Waals surface area contributed by atoms with Crippen LogP contribution >= 0.6 is 22.7 Å². The van der Waals surface area contributed by atoms with Gasteiger partial charge >= 0.3 is 0 Å². The second-order valence-corrected chi connectivity index (χ2v) is 6.99. The van der Waals surface area contributed by atoms with Gasteiger partial charge in [-0.25, -0.2) is 9.97 Å². The number of hydrogen-bond donors (Lipinski definition) is 1. The number of rotatable bonds is 5. The van der Waals surface area contributed by atoms with Crippen LogP contribution in [0.5, 0.6) is 11.5 Å². The van der Waals surface area contributed by atoms with Crippen LogP contribution in [0.3, 0.4) is 0 Å². The molecule has 0 aliphatic heterocycles. The van der Waals surface area contributed by atoms with Crippen LogP contribution in [0, 0.1) is 0 Å². The third kappa shape index (κ3) is 3.13. The molecule has 0 fully saturated rings. The van der Waals surface area contributed by atoms with Gasteiger partial charge in [-0.1, -0.05) is 11.3 Å². The smallest absolute Gasteiger partial charge is 0.190 e. The highest BCUT2D eigenvalue weighted by Crippen LogP contribution is 2.37. The quantitative estimate of drug-likeness (QED) is 0.555. The Hall–Kier alpha value is -2.71. The van der Waals surface area contributed by atoms with Gasteiger partial charge in [0.2, 0.25) is 0 Å². The van der Waals surface area contributed by atoms with Crippen molar-refractivity contribution in [1.82, 2.24) is 15.0 Å². The molecule has 0 saturated carbocycles. The predicted molar refractivity (Wildman–Crippen MR) is 101 cm³/mol. The van der Waals surface area contributed by atoms with E-state index in [0.717, 1.165) is 37.5 Å². The fourth-order valence-electron chi connectivity index (χ4n) is 2.37. The molecule has 1 N–H and O–H groups in total. The molecule has 3 aromatic heterocycles. The lowest BCUT2D eigenvalue weighted by atomic mass is 10.2. The van der Waals surface area contributed by atoms with E-state index in [-0.39, 0.29) is 0 Å². The summed E-state index contributed by atoms with van der Waals surface area (Å²) in [6.07, 6.45) is 3.55. The monoisotopic (exact) mass is 370 g/mol. The fraction of sp³-hybridized carbons (Fsp3) is 0.118. The number of anilines is 2. The summed E-state index contributed by atoms with van der Waals surface area (Å²) < 4.78 is 11.7. The Labute approximate surface area is 152 Å². The first-order valence-electron chi connectivity index (χ1n) is 7.42. The summed E-state index contributed by atoms with van der Waals surface area (Å²) in [4.78, 5) is 13.3. The van der Waals surface area contributed by atoms with Crippen LogP contribution in [0.1, 0.15) is 0 Å². The van der Waals surface area contributed by atoms with Crippen molar-refractivity contribution < 1.29 is 9.47 Å². The van der Waals surface area contributed by atoms with Gasteiger partial charge in [0.1, 0.15) is 17.0 Å². The Balaban J connectivity index is 1.64. The minimum atomic E-state index is 0.689. The molecule has 0 saturated heterocycles. The molecule has 0 atom stereocenters. The molecule has 1 aromatic carbocycles. The molecule has 0 aliphatic rings. The Kier molecular flexibility index (Phi) is 4.21. The minimum Gasteiger partial charge on any atom is -0.497 e. The van der Waals surface area contributed by atoms with Crippen LogP contribution in [0.2, 0.25) is 0 Å². The van der Waals surface area contributed by atoms with Gasteiger partial charge in [0, 0.05) is 29.4 Å². The first kappa shape index (κ1) is 15.8. The van der Waals surface area contributed by atoms with Crippen molar-refractivity contribution in [2.75, 3.05) is 19.5 Å². The second kappa shape index (κ2) is 6.66. The summed E-state index contributed by atoms with van der Waals surface area (Å²) in [5.74, 6) is 1.43. The van der Waals surface area contributed by atoms with E-state index in [9.17, 15) is 0 Å². The van der Waals surface area contributed by atoms with Crippen molar-refractivity contribution >= 4 is 43.2 Å². The normalized spacial score (nSPS) is 10.8. The van der Waals surface area contributed by atoms with E-state index in [1.165, 1.54) is 22.7 Å². The van der Waals surface area contributed by atoms with Crippen LogP contribution in [-0.2, 0) is 0 Å². The number of ether oxygens (including phenoxy) is 2. The fourth-order valence-corrected chi connectivity index (χ4v) is 4.07. The van der Waals surface area contributed by atoms with Gasteiger partial charge < -0.3 is 14.8 Å². The molecule has 8 heteroatoms. The van der Waals surface area contributed by atoms with E-state index in [1.807, 2.05) is 29.6 Å². The van der Waals surface area contributed by atoms with Crippen molar-refractivity contribution in [3.63, 3.8) is 0 Å². The van der Waals surface area contributed by atoms with Gasteiger partial charge in [0.05, 0.1) is 24.6 Å². The van der Waals surface area contributed by atoms with Crippen LogP contribution in [-0.4, -0.2) is 29.2 Å². The Morgan fingerprint density at radius 3 is 2.76 bits per heavy atom. The number of fused-ring (bicyclic) bond motifs is 1. The molecule has 126 valence electrons. The van der Waals surface area contributed by atoms with E-state index in [4.69, 9.17) is 9.47 Å². The molecule has 6 nitrogen and oxygen atoms in total. The van der Waals surface area contributed by atoms with Gasteiger partial charge in [-0.05, 0) is 18.2 Å². The maximum atomic E-state index is 5.41. The zero-order chi connectivity index (χ0) is 17.2. The van der Waals surface area contributed by atoms with Crippen molar-refractivity contribution in [3.05, 3.63) is 42.0 Å². The number of hydrogen-bond acceptors (Lipinski definition) is 8. The third-order valence-corrected chi connectivity index (χ3v) is 5.24. The van der Waals surface area contributed by atoms with Gasteiger partial charge in [0.25, 0.3) is 0 Å². The molecular formula is C17H14N4O2S2. The number of nitrogens with one attached hydrogen (secondary N) is 1. The summed E-state index contributed by atoms with van der Waals surface area (Å²) in [5.41, 5.74) is 2.68. The number of nitrogens with zero attached hydrogens (tertiary/aromatic N) is 3. The minimum absolute atomic E-state index is 0.689. The molecule has 0 unspecified atom stereocenters. The molecule has 3 heterocycles. The molecule has 25 heavy (non-hydrogen) atoms. The Morgan fingerprint density at radius 2 is 2.00 bits per heavy atom. The largest absolute Gasteiger partial charge is 0.497 e.